The highest BCUT2D eigenvalue weighted by atomic mass is 19.3. The third-order valence-corrected chi connectivity index (χ3v) is 2.57. The van der Waals surface area contributed by atoms with Crippen LogP contribution in [0.1, 0.15) is 12.7 Å². The lowest BCUT2D eigenvalue weighted by Crippen LogP contribution is -2.23. The van der Waals surface area contributed by atoms with Gasteiger partial charge in [0.1, 0.15) is 17.8 Å². The van der Waals surface area contributed by atoms with Crippen LogP contribution in [0.15, 0.2) is 11.0 Å². The van der Waals surface area contributed by atoms with E-state index < -0.39 is 13.0 Å². The maximum atomic E-state index is 12.3. The van der Waals surface area contributed by atoms with Gasteiger partial charge < -0.3 is 0 Å². The van der Waals surface area contributed by atoms with E-state index in [1.165, 1.54) is 10.8 Å². The summed E-state index contributed by atoms with van der Waals surface area (Å²) in [6.07, 6.45) is -1.23. The first-order valence-corrected chi connectivity index (χ1v) is 5.25. The molecule has 5 nitrogen and oxygen atoms in total. The molecule has 0 saturated heterocycles. The summed E-state index contributed by atoms with van der Waals surface area (Å²) in [5.41, 5.74) is -0.0204. The Labute approximate surface area is 95.7 Å². The molecule has 0 radical (unpaired) electrons. The van der Waals surface area contributed by atoms with Crippen LogP contribution in [0.3, 0.4) is 0 Å². The highest BCUT2D eigenvalue weighted by Gasteiger charge is 2.14. The zero-order valence-electron chi connectivity index (χ0n) is 9.52. The molecule has 2 aromatic rings. The van der Waals surface area contributed by atoms with Gasteiger partial charge in [-0.05, 0) is 13.8 Å². The number of nitrogens with zero attached hydrogens (tertiary/aromatic N) is 4. The second-order valence-corrected chi connectivity index (χ2v) is 3.66. The fourth-order valence-corrected chi connectivity index (χ4v) is 1.79. The lowest BCUT2D eigenvalue weighted by Gasteiger charge is -2.07. The first-order valence-electron chi connectivity index (χ1n) is 5.25. The Kier molecular flexibility index (Phi) is 2.91. The minimum atomic E-state index is -2.52. The minimum absolute atomic E-state index is 0.220. The van der Waals surface area contributed by atoms with Gasteiger partial charge in [-0.3, -0.25) is 9.36 Å². The summed E-state index contributed by atoms with van der Waals surface area (Å²) < 4.78 is 27.1. The summed E-state index contributed by atoms with van der Waals surface area (Å²) in [5.74, 6) is 0.501. The molecule has 7 heteroatoms. The second-order valence-electron chi connectivity index (χ2n) is 3.66. The quantitative estimate of drug-likeness (QED) is 0.812. The van der Waals surface area contributed by atoms with E-state index >= 15 is 0 Å². The summed E-state index contributed by atoms with van der Waals surface area (Å²) >= 11 is 0. The molecule has 0 aliphatic rings. The number of alkyl halides is 2. The van der Waals surface area contributed by atoms with Crippen LogP contribution >= 0.6 is 0 Å². The molecule has 0 fully saturated rings. The number of hydrogen-bond donors (Lipinski definition) is 0. The van der Waals surface area contributed by atoms with Crippen LogP contribution in [0.4, 0.5) is 8.78 Å². The van der Waals surface area contributed by atoms with Crippen LogP contribution in [0.25, 0.3) is 11.0 Å². The van der Waals surface area contributed by atoms with Crippen molar-refractivity contribution in [3.63, 3.8) is 0 Å². The molecule has 17 heavy (non-hydrogen) atoms. The third kappa shape index (κ3) is 1.92. The van der Waals surface area contributed by atoms with Gasteiger partial charge in [0.2, 0.25) is 0 Å². The van der Waals surface area contributed by atoms with Crippen LogP contribution in [0.2, 0.25) is 0 Å². The topological polar surface area (TPSA) is 52.7 Å². The van der Waals surface area contributed by atoms with E-state index in [4.69, 9.17) is 0 Å². The minimum Gasteiger partial charge on any atom is -0.296 e. The zero-order chi connectivity index (χ0) is 12.6. The monoisotopic (exact) mass is 242 g/mol. The van der Waals surface area contributed by atoms with Crippen molar-refractivity contribution in [2.45, 2.75) is 33.4 Å². The number of hydrogen-bond acceptors (Lipinski definition) is 3. The molecule has 0 N–H and O–H groups in total. The highest BCUT2D eigenvalue weighted by molar-refractivity contribution is 5.73. The van der Waals surface area contributed by atoms with Crippen molar-refractivity contribution < 1.29 is 8.78 Å². The maximum absolute atomic E-state index is 12.3. The van der Waals surface area contributed by atoms with Gasteiger partial charge in [0.15, 0.2) is 5.65 Å². The first kappa shape index (κ1) is 11.7. The Morgan fingerprint density at radius 3 is 2.76 bits per heavy atom. The van der Waals surface area contributed by atoms with Gasteiger partial charge in [0.25, 0.3) is 12.0 Å². The summed E-state index contributed by atoms with van der Waals surface area (Å²) in [6, 6.07) is 0. The maximum Gasteiger partial charge on any atom is 0.264 e. The predicted octanol–water partition coefficient (Wildman–Crippen LogP) is 1.19. The lowest BCUT2D eigenvalue weighted by molar-refractivity contribution is 0.123. The van der Waals surface area contributed by atoms with E-state index in [1.54, 1.807) is 6.92 Å². The molecule has 2 heterocycles. The van der Waals surface area contributed by atoms with Crippen LogP contribution < -0.4 is 5.56 Å². The van der Waals surface area contributed by atoms with Crippen molar-refractivity contribution in [3.8, 4) is 0 Å². The smallest absolute Gasteiger partial charge is 0.264 e. The van der Waals surface area contributed by atoms with E-state index in [-0.39, 0.29) is 16.6 Å². The molecule has 0 saturated carbocycles. The summed E-state index contributed by atoms with van der Waals surface area (Å²) in [5, 5.41) is 4.05. The van der Waals surface area contributed by atoms with E-state index in [0.717, 1.165) is 4.68 Å². The van der Waals surface area contributed by atoms with Gasteiger partial charge >= 0.3 is 0 Å². The molecular formula is C10H12F2N4O. The lowest BCUT2D eigenvalue weighted by atomic mass is 10.4. The molecular weight excluding hydrogens is 230 g/mol. The van der Waals surface area contributed by atoms with Gasteiger partial charge in [-0.1, -0.05) is 0 Å². The van der Waals surface area contributed by atoms with Gasteiger partial charge in [-0.25, -0.2) is 18.4 Å². The van der Waals surface area contributed by atoms with Crippen LogP contribution in [-0.4, -0.2) is 25.8 Å². The summed E-state index contributed by atoms with van der Waals surface area (Å²) in [7, 11) is 0. The summed E-state index contributed by atoms with van der Waals surface area (Å²) in [6.45, 7) is 3.44. The van der Waals surface area contributed by atoms with Crippen LogP contribution in [-0.2, 0) is 13.1 Å². The number of rotatable bonds is 3. The van der Waals surface area contributed by atoms with Crippen molar-refractivity contribution in [1.82, 2.24) is 19.3 Å². The van der Waals surface area contributed by atoms with Crippen molar-refractivity contribution in [2.24, 2.45) is 0 Å². The van der Waals surface area contributed by atoms with Gasteiger partial charge in [-0.2, -0.15) is 5.10 Å². The molecule has 0 atom stereocenters. The normalized spacial score (nSPS) is 11.6. The Morgan fingerprint density at radius 1 is 1.47 bits per heavy atom. The number of halogens is 2. The molecule has 0 bridgehead atoms. The molecule has 0 unspecified atom stereocenters. The second kappa shape index (κ2) is 4.23. The third-order valence-electron chi connectivity index (χ3n) is 2.57. The molecule has 2 rings (SSSR count). The van der Waals surface area contributed by atoms with Crippen molar-refractivity contribution >= 4 is 11.0 Å². The average Bonchev–Trinajstić information content (AvgIpc) is 2.61. The number of aryl methyl sites for hydroxylation is 1. The van der Waals surface area contributed by atoms with Gasteiger partial charge in [-0.15, -0.1) is 0 Å². The van der Waals surface area contributed by atoms with Crippen molar-refractivity contribution in [3.05, 3.63) is 22.4 Å². The molecule has 2 aromatic heterocycles. The predicted molar refractivity (Wildman–Crippen MR) is 58.2 cm³/mol. The molecule has 0 amide bonds. The van der Waals surface area contributed by atoms with Gasteiger partial charge in [0.05, 0.1) is 6.20 Å². The Morgan fingerprint density at radius 2 is 2.18 bits per heavy atom. The molecule has 0 spiro atoms. The molecule has 0 aliphatic carbocycles. The SMILES string of the molecule is CCn1c(C)nc2c(cnn2CC(F)F)c1=O. The molecule has 0 aliphatic heterocycles. The van der Waals surface area contributed by atoms with Gasteiger partial charge in [0, 0.05) is 6.54 Å². The molecule has 92 valence electrons. The largest absolute Gasteiger partial charge is 0.296 e. The Hall–Kier alpha value is -1.79. The Balaban J connectivity index is 2.67. The van der Waals surface area contributed by atoms with E-state index in [1.807, 2.05) is 6.92 Å². The number of aromatic nitrogens is 4. The van der Waals surface area contributed by atoms with Crippen molar-refractivity contribution in [1.29, 1.82) is 0 Å². The fourth-order valence-electron chi connectivity index (χ4n) is 1.79. The standard InChI is InChI=1S/C10H12F2N4O/c1-3-15-6(2)14-9-7(10(15)17)4-13-16(9)5-8(11)12/h4,8H,3,5H2,1-2H3. The van der Waals surface area contributed by atoms with Crippen LogP contribution in [0.5, 0.6) is 0 Å². The van der Waals surface area contributed by atoms with Crippen LogP contribution in [0, 0.1) is 6.92 Å². The number of fused-ring (bicyclic) bond motifs is 1. The highest BCUT2D eigenvalue weighted by Crippen LogP contribution is 2.09. The Bertz CT molecular complexity index is 602. The molecule has 0 aromatic carbocycles. The van der Waals surface area contributed by atoms with Crippen molar-refractivity contribution in [2.75, 3.05) is 0 Å². The van der Waals surface area contributed by atoms with E-state index in [0.29, 0.717) is 12.4 Å². The van der Waals surface area contributed by atoms with E-state index in [2.05, 4.69) is 10.1 Å². The summed E-state index contributed by atoms with van der Waals surface area (Å²) in [4.78, 5) is 16.1. The van der Waals surface area contributed by atoms with E-state index in [9.17, 15) is 13.6 Å². The average molecular weight is 242 g/mol. The first-order chi connectivity index (χ1) is 8.04. The fraction of sp³-hybridized carbons (Fsp3) is 0.500. The zero-order valence-corrected chi connectivity index (χ0v) is 9.52.